The molecule has 0 aliphatic heterocycles. The molecule has 1 N–H and O–H groups in total. The summed E-state index contributed by atoms with van der Waals surface area (Å²) in [6.45, 7) is 4.70. The number of hydrogen-bond donors (Lipinski definition) is 1. The molecule has 1 aromatic carbocycles. The fourth-order valence-electron chi connectivity index (χ4n) is 1.94. The maximum absolute atomic E-state index is 6.14. The van der Waals surface area contributed by atoms with Gasteiger partial charge in [0, 0.05) is 11.1 Å². The Hall–Kier alpha value is -1.17. The number of benzene rings is 1. The second kappa shape index (κ2) is 5.68. The van der Waals surface area contributed by atoms with E-state index in [-0.39, 0.29) is 0 Å². The molecule has 20 heavy (non-hydrogen) atoms. The summed E-state index contributed by atoms with van der Waals surface area (Å²) < 4.78 is 5.76. The van der Waals surface area contributed by atoms with E-state index in [1.54, 1.807) is 0 Å². The Kier molecular flexibility index (Phi) is 3.92. The average Bonchev–Trinajstić information content (AvgIpc) is 3.14. The number of aryl methyl sites for hydroxylation is 2. The molecule has 3 rings (SSSR count). The summed E-state index contributed by atoms with van der Waals surface area (Å²) in [6, 6.07) is 4.50. The minimum atomic E-state index is 0.568. The van der Waals surface area contributed by atoms with Gasteiger partial charge in [-0.1, -0.05) is 28.0 Å². The Bertz CT molecular complexity index is 602. The van der Waals surface area contributed by atoms with Gasteiger partial charge in [0.15, 0.2) is 0 Å². The van der Waals surface area contributed by atoms with Crippen LogP contribution in [0.3, 0.4) is 0 Å². The first-order chi connectivity index (χ1) is 9.61. The number of rotatable bonds is 5. The molecule has 1 saturated carbocycles. The molecule has 2 aromatic rings. The van der Waals surface area contributed by atoms with Crippen LogP contribution in [0.5, 0.6) is 10.9 Å². The van der Waals surface area contributed by atoms with Crippen LogP contribution in [0.4, 0.5) is 0 Å². The van der Waals surface area contributed by atoms with E-state index in [4.69, 9.17) is 16.3 Å². The lowest BCUT2D eigenvalue weighted by Crippen LogP contribution is -2.14. The van der Waals surface area contributed by atoms with Crippen molar-refractivity contribution in [3.63, 3.8) is 0 Å². The highest BCUT2D eigenvalue weighted by Gasteiger charge is 2.20. The third-order valence-corrected chi connectivity index (χ3v) is 4.58. The summed E-state index contributed by atoms with van der Waals surface area (Å²) in [5, 5.41) is 13.9. The topological polar surface area (TPSA) is 47.0 Å². The molecule has 0 radical (unpaired) electrons. The third kappa shape index (κ3) is 3.29. The largest absolute Gasteiger partial charge is 0.430 e. The van der Waals surface area contributed by atoms with Crippen molar-refractivity contribution in [1.82, 2.24) is 15.5 Å². The third-order valence-electron chi connectivity index (χ3n) is 3.18. The number of hydrogen-bond acceptors (Lipinski definition) is 5. The van der Waals surface area contributed by atoms with E-state index in [9.17, 15) is 0 Å². The van der Waals surface area contributed by atoms with Crippen LogP contribution in [0.1, 0.15) is 29.0 Å². The first-order valence-corrected chi connectivity index (χ1v) is 7.81. The van der Waals surface area contributed by atoms with Crippen molar-refractivity contribution >= 4 is 22.9 Å². The van der Waals surface area contributed by atoms with E-state index < -0.39 is 0 Å². The number of halogens is 1. The Morgan fingerprint density at radius 2 is 2.00 bits per heavy atom. The molecule has 1 aromatic heterocycles. The van der Waals surface area contributed by atoms with Gasteiger partial charge in [0.05, 0.1) is 6.54 Å². The Morgan fingerprint density at radius 3 is 2.65 bits per heavy atom. The van der Waals surface area contributed by atoms with Gasteiger partial charge in [-0.15, -0.1) is 5.10 Å². The van der Waals surface area contributed by atoms with Crippen molar-refractivity contribution in [3.05, 3.63) is 33.3 Å². The van der Waals surface area contributed by atoms with Crippen molar-refractivity contribution < 1.29 is 4.74 Å². The van der Waals surface area contributed by atoms with Gasteiger partial charge in [-0.2, -0.15) is 0 Å². The van der Waals surface area contributed by atoms with Crippen LogP contribution in [0.25, 0.3) is 0 Å². The molecule has 0 saturated heterocycles. The van der Waals surface area contributed by atoms with E-state index in [1.165, 1.54) is 24.2 Å². The van der Waals surface area contributed by atoms with Crippen LogP contribution in [-0.4, -0.2) is 16.2 Å². The van der Waals surface area contributed by atoms with Crippen LogP contribution < -0.4 is 10.1 Å². The monoisotopic (exact) mass is 309 g/mol. The first kappa shape index (κ1) is 13.8. The molecular weight excluding hydrogens is 294 g/mol. The highest BCUT2D eigenvalue weighted by atomic mass is 35.5. The first-order valence-electron chi connectivity index (χ1n) is 6.62. The van der Waals surface area contributed by atoms with Gasteiger partial charge in [-0.25, -0.2) is 0 Å². The summed E-state index contributed by atoms with van der Waals surface area (Å²) >= 11 is 7.62. The lowest BCUT2D eigenvalue weighted by Gasteiger charge is -2.06. The summed E-state index contributed by atoms with van der Waals surface area (Å²) in [5.41, 5.74) is 2.00. The smallest absolute Gasteiger partial charge is 0.299 e. The molecule has 0 unspecified atom stereocenters. The second-order valence-corrected chi connectivity index (χ2v) is 6.49. The minimum Gasteiger partial charge on any atom is -0.430 e. The quantitative estimate of drug-likeness (QED) is 0.911. The maximum atomic E-state index is 6.14. The van der Waals surface area contributed by atoms with Crippen molar-refractivity contribution in [3.8, 4) is 10.9 Å². The van der Waals surface area contributed by atoms with Gasteiger partial charge >= 0.3 is 0 Å². The van der Waals surface area contributed by atoms with Gasteiger partial charge in [0.1, 0.15) is 10.8 Å². The lowest BCUT2D eigenvalue weighted by atomic mass is 10.1. The fraction of sp³-hybridized carbons (Fsp3) is 0.429. The van der Waals surface area contributed by atoms with Crippen molar-refractivity contribution in [2.24, 2.45) is 0 Å². The fourth-order valence-corrected chi connectivity index (χ4v) is 2.70. The zero-order valence-electron chi connectivity index (χ0n) is 11.4. The van der Waals surface area contributed by atoms with Gasteiger partial charge in [-0.3, -0.25) is 0 Å². The molecule has 0 bridgehead atoms. The van der Waals surface area contributed by atoms with Gasteiger partial charge < -0.3 is 10.1 Å². The highest BCUT2D eigenvalue weighted by Crippen LogP contribution is 2.30. The molecule has 1 aliphatic carbocycles. The predicted molar refractivity (Wildman–Crippen MR) is 80.8 cm³/mol. The Labute approximate surface area is 127 Å². The average molecular weight is 310 g/mol. The Morgan fingerprint density at radius 1 is 1.30 bits per heavy atom. The SMILES string of the molecule is Cc1cc(Oc2nnc(CNC3CC3)s2)cc(C)c1Cl. The number of aromatic nitrogens is 2. The normalized spacial score (nSPS) is 14.6. The summed E-state index contributed by atoms with van der Waals surface area (Å²) in [5.74, 6) is 0.752. The summed E-state index contributed by atoms with van der Waals surface area (Å²) in [7, 11) is 0. The van der Waals surface area contributed by atoms with Crippen LogP contribution in [-0.2, 0) is 6.54 Å². The number of ether oxygens (including phenoxy) is 1. The van der Waals surface area contributed by atoms with Crippen LogP contribution in [0.2, 0.25) is 5.02 Å². The molecule has 0 atom stereocenters. The molecule has 1 fully saturated rings. The molecule has 1 aliphatic rings. The Balaban J connectivity index is 1.67. The minimum absolute atomic E-state index is 0.568. The van der Waals surface area contributed by atoms with E-state index in [0.717, 1.165) is 33.5 Å². The molecule has 4 nitrogen and oxygen atoms in total. The summed E-state index contributed by atoms with van der Waals surface area (Å²) in [4.78, 5) is 0. The van der Waals surface area contributed by atoms with E-state index in [2.05, 4.69) is 15.5 Å². The maximum Gasteiger partial charge on any atom is 0.299 e. The zero-order valence-corrected chi connectivity index (χ0v) is 13.0. The van der Waals surface area contributed by atoms with Crippen LogP contribution >= 0.6 is 22.9 Å². The van der Waals surface area contributed by atoms with E-state index in [0.29, 0.717) is 11.2 Å². The van der Waals surface area contributed by atoms with E-state index >= 15 is 0 Å². The molecule has 106 valence electrons. The van der Waals surface area contributed by atoms with E-state index in [1.807, 2.05) is 26.0 Å². The zero-order chi connectivity index (χ0) is 14.1. The predicted octanol–water partition coefficient (Wildman–Crippen LogP) is 3.85. The van der Waals surface area contributed by atoms with Gasteiger partial charge in [-0.05, 0) is 49.9 Å². The standard InChI is InChI=1S/C14H16ClN3OS/c1-8-5-11(6-9(2)13(8)15)19-14-18-17-12(20-14)7-16-10-3-4-10/h5-6,10,16H,3-4,7H2,1-2H3. The van der Waals surface area contributed by atoms with Gasteiger partial charge in [0.25, 0.3) is 5.19 Å². The molecular formula is C14H16ClN3OS. The number of nitrogens with zero attached hydrogens (tertiary/aromatic N) is 2. The molecule has 6 heteroatoms. The van der Waals surface area contributed by atoms with Crippen molar-refractivity contribution in [2.75, 3.05) is 0 Å². The number of nitrogens with one attached hydrogen (secondary N) is 1. The molecule has 0 spiro atoms. The van der Waals surface area contributed by atoms with Crippen LogP contribution in [0, 0.1) is 13.8 Å². The molecule has 0 amide bonds. The summed E-state index contributed by atoms with van der Waals surface area (Å²) in [6.07, 6.45) is 2.54. The second-order valence-electron chi connectivity index (χ2n) is 5.09. The van der Waals surface area contributed by atoms with Crippen LogP contribution in [0.15, 0.2) is 12.1 Å². The van der Waals surface area contributed by atoms with Crippen molar-refractivity contribution in [1.29, 1.82) is 0 Å². The molecule has 1 heterocycles. The lowest BCUT2D eigenvalue weighted by molar-refractivity contribution is 0.472. The van der Waals surface area contributed by atoms with Crippen molar-refractivity contribution in [2.45, 2.75) is 39.3 Å². The highest BCUT2D eigenvalue weighted by molar-refractivity contribution is 7.13. The van der Waals surface area contributed by atoms with Gasteiger partial charge in [0.2, 0.25) is 0 Å².